The van der Waals surface area contributed by atoms with Crippen molar-refractivity contribution in [2.45, 2.75) is 30.2 Å². The average Bonchev–Trinajstić information content (AvgIpc) is 2.47. The topological polar surface area (TPSA) is 75.4 Å². The molecule has 0 unspecified atom stereocenters. The molecular formula is C10H18N2O2S. The van der Waals surface area contributed by atoms with Gasteiger partial charge in [0.2, 0.25) is 5.91 Å². The molecular weight excluding hydrogens is 212 g/mol. The summed E-state index contributed by atoms with van der Waals surface area (Å²) in [6.45, 7) is 0.0579. The van der Waals surface area contributed by atoms with Gasteiger partial charge in [-0.05, 0) is 30.9 Å². The Hall–Kier alpha value is -0.260. The minimum Gasteiger partial charge on any atom is -0.392 e. The van der Waals surface area contributed by atoms with Gasteiger partial charge in [0.1, 0.15) is 0 Å². The lowest BCUT2D eigenvalue weighted by atomic mass is 9.71. The molecule has 0 heterocycles. The van der Waals surface area contributed by atoms with Crippen molar-refractivity contribution in [1.82, 2.24) is 5.32 Å². The van der Waals surface area contributed by atoms with Crippen LogP contribution in [0.3, 0.4) is 0 Å². The van der Waals surface area contributed by atoms with E-state index < -0.39 is 0 Å². The van der Waals surface area contributed by atoms with Crippen molar-refractivity contribution in [3.8, 4) is 0 Å². The van der Waals surface area contributed by atoms with Gasteiger partial charge >= 0.3 is 0 Å². The lowest BCUT2D eigenvalue weighted by Crippen LogP contribution is -2.53. The van der Waals surface area contributed by atoms with Gasteiger partial charge in [0.25, 0.3) is 0 Å². The van der Waals surface area contributed by atoms with Crippen LogP contribution in [0, 0.1) is 11.8 Å². The molecule has 0 spiro atoms. The van der Waals surface area contributed by atoms with E-state index in [9.17, 15) is 9.90 Å². The van der Waals surface area contributed by atoms with Crippen LogP contribution in [0.5, 0.6) is 0 Å². The molecule has 0 aromatic rings. The summed E-state index contributed by atoms with van der Waals surface area (Å²) in [5.74, 6) is 0.777. The molecule has 1 amide bonds. The van der Waals surface area contributed by atoms with Gasteiger partial charge in [-0.15, -0.1) is 0 Å². The van der Waals surface area contributed by atoms with Crippen LogP contribution in [0.25, 0.3) is 0 Å². The zero-order valence-corrected chi connectivity index (χ0v) is 9.67. The number of amides is 1. The van der Waals surface area contributed by atoms with Gasteiger partial charge in [0.05, 0.1) is 12.6 Å². The molecule has 86 valence electrons. The van der Waals surface area contributed by atoms with E-state index in [-0.39, 0.29) is 24.6 Å². The van der Waals surface area contributed by atoms with Crippen LogP contribution in [0.15, 0.2) is 0 Å². The van der Waals surface area contributed by atoms with Crippen molar-refractivity contribution in [3.63, 3.8) is 0 Å². The summed E-state index contributed by atoms with van der Waals surface area (Å²) in [5, 5.41) is 13.2. The minimum absolute atomic E-state index is 0.0579. The monoisotopic (exact) mass is 230 g/mol. The lowest BCUT2D eigenvalue weighted by Gasteiger charge is -2.41. The zero-order chi connectivity index (χ0) is 11.0. The van der Waals surface area contributed by atoms with Gasteiger partial charge in [-0.2, -0.15) is 11.8 Å². The number of nitrogens with one attached hydrogen (secondary N) is 1. The van der Waals surface area contributed by atoms with Crippen LogP contribution < -0.4 is 11.1 Å². The number of aliphatic hydroxyl groups is 1. The quantitative estimate of drug-likeness (QED) is 0.614. The molecule has 2 rings (SSSR count). The van der Waals surface area contributed by atoms with E-state index in [1.165, 1.54) is 0 Å². The average molecular weight is 230 g/mol. The van der Waals surface area contributed by atoms with Crippen LogP contribution in [-0.2, 0) is 4.79 Å². The van der Waals surface area contributed by atoms with E-state index in [4.69, 9.17) is 5.73 Å². The smallest absolute Gasteiger partial charge is 0.233 e. The highest BCUT2D eigenvalue weighted by Crippen LogP contribution is 2.50. The Kier molecular flexibility index (Phi) is 3.23. The second-order valence-electron chi connectivity index (χ2n) is 4.44. The highest BCUT2D eigenvalue weighted by atomic mass is 32.2. The summed E-state index contributed by atoms with van der Waals surface area (Å²) in [7, 11) is 0. The van der Waals surface area contributed by atoms with Gasteiger partial charge in [-0.1, -0.05) is 0 Å². The lowest BCUT2D eigenvalue weighted by molar-refractivity contribution is -0.122. The van der Waals surface area contributed by atoms with E-state index in [0.29, 0.717) is 17.1 Å². The molecule has 0 aromatic heterocycles. The summed E-state index contributed by atoms with van der Waals surface area (Å²) in [6, 6.07) is 0.248. The van der Waals surface area contributed by atoms with Crippen LogP contribution in [-0.4, -0.2) is 41.2 Å². The molecule has 0 saturated heterocycles. The first-order valence-corrected chi connectivity index (χ1v) is 6.66. The van der Waals surface area contributed by atoms with Gasteiger partial charge in [0.15, 0.2) is 0 Å². The zero-order valence-electron chi connectivity index (χ0n) is 8.85. The van der Waals surface area contributed by atoms with E-state index >= 15 is 0 Å². The summed E-state index contributed by atoms with van der Waals surface area (Å²) < 4.78 is 0. The molecule has 5 atom stereocenters. The number of nitrogens with two attached hydrogens (primary N) is 1. The fourth-order valence-electron chi connectivity index (χ4n) is 2.83. The maximum absolute atomic E-state index is 11.1. The highest BCUT2D eigenvalue weighted by Gasteiger charge is 2.53. The standard InChI is InChI=1S/C10H18N2O2S/c1-15-8-3-5-6(10(8)14)2-7(5)12-9(13)4-11/h5-8,10,14H,2-4,11H2,1H3,(H,12,13)/t5-,6-,7+,8+,10+/m1/s1. The Labute approximate surface area is 94.0 Å². The first kappa shape index (κ1) is 11.2. The number of hydrogen-bond donors (Lipinski definition) is 3. The number of carbonyl (C=O) groups is 1. The maximum Gasteiger partial charge on any atom is 0.233 e. The second-order valence-corrected chi connectivity index (χ2v) is 5.52. The summed E-state index contributed by atoms with van der Waals surface area (Å²) in [6.07, 6.45) is 3.78. The Morgan fingerprint density at radius 1 is 1.53 bits per heavy atom. The summed E-state index contributed by atoms with van der Waals surface area (Å²) >= 11 is 1.73. The number of carbonyl (C=O) groups excluding carboxylic acids is 1. The van der Waals surface area contributed by atoms with Crippen molar-refractivity contribution in [1.29, 1.82) is 0 Å². The van der Waals surface area contributed by atoms with Crippen LogP contribution >= 0.6 is 11.8 Å². The van der Waals surface area contributed by atoms with Crippen LogP contribution in [0.4, 0.5) is 0 Å². The molecule has 2 aliphatic rings. The summed E-state index contributed by atoms with van der Waals surface area (Å²) in [4.78, 5) is 11.1. The van der Waals surface area contributed by atoms with E-state index in [0.717, 1.165) is 12.8 Å². The molecule has 15 heavy (non-hydrogen) atoms. The van der Waals surface area contributed by atoms with Crippen molar-refractivity contribution in [3.05, 3.63) is 0 Å². The molecule has 5 heteroatoms. The second kappa shape index (κ2) is 4.31. The third kappa shape index (κ3) is 1.88. The Bertz CT molecular complexity index is 262. The molecule has 2 saturated carbocycles. The van der Waals surface area contributed by atoms with E-state index in [1.807, 2.05) is 6.26 Å². The van der Waals surface area contributed by atoms with Crippen LogP contribution in [0.2, 0.25) is 0 Å². The SMILES string of the molecule is CS[C@H]1C[C@@H]2[C@@H](C[C@@H]2NC(=O)CN)[C@@H]1O. The summed E-state index contributed by atoms with van der Waals surface area (Å²) in [5.41, 5.74) is 5.25. The predicted molar refractivity (Wildman–Crippen MR) is 60.5 cm³/mol. The van der Waals surface area contributed by atoms with Gasteiger partial charge in [-0.25, -0.2) is 0 Å². The van der Waals surface area contributed by atoms with Gasteiger partial charge in [0, 0.05) is 11.3 Å². The highest BCUT2D eigenvalue weighted by molar-refractivity contribution is 7.99. The number of rotatable bonds is 3. The Morgan fingerprint density at radius 3 is 2.87 bits per heavy atom. The Balaban J connectivity index is 1.88. The van der Waals surface area contributed by atoms with E-state index in [1.54, 1.807) is 11.8 Å². The third-order valence-electron chi connectivity index (χ3n) is 3.75. The normalized spacial score (nSPS) is 43.3. The van der Waals surface area contributed by atoms with Gasteiger partial charge in [-0.3, -0.25) is 4.79 Å². The predicted octanol–water partition coefficient (Wildman–Crippen LogP) is -0.438. The fraction of sp³-hybridized carbons (Fsp3) is 0.900. The van der Waals surface area contributed by atoms with Crippen molar-refractivity contribution in [2.75, 3.05) is 12.8 Å². The number of fused-ring (bicyclic) bond motifs is 1. The number of thioether (sulfide) groups is 1. The van der Waals surface area contributed by atoms with Crippen LogP contribution in [0.1, 0.15) is 12.8 Å². The maximum atomic E-state index is 11.1. The van der Waals surface area contributed by atoms with Crippen molar-refractivity contribution in [2.24, 2.45) is 17.6 Å². The molecule has 2 fully saturated rings. The molecule has 4 nitrogen and oxygen atoms in total. The van der Waals surface area contributed by atoms with Crippen molar-refractivity contribution < 1.29 is 9.90 Å². The molecule has 0 aromatic carbocycles. The molecule has 0 radical (unpaired) electrons. The van der Waals surface area contributed by atoms with E-state index in [2.05, 4.69) is 5.32 Å². The van der Waals surface area contributed by atoms with Gasteiger partial charge < -0.3 is 16.2 Å². The fourth-order valence-corrected chi connectivity index (χ4v) is 3.72. The molecule has 4 N–H and O–H groups in total. The largest absolute Gasteiger partial charge is 0.392 e. The third-order valence-corrected chi connectivity index (χ3v) is 4.83. The minimum atomic E-state index is -0.184. The molecule has 2 aliphatic carbocycles. The Morgan fingerprint density at radius 2 is 2.27 bits per heavy atom. The van der Waals surface area contributed by atoms with Crippen molar-refractivity contribution >= 4 is 17.7 Å². The molecule has 0 bridgehead atoms. The molecule has 0 aliphatic heterocycles. The first-order valence-electron chi connectivity index (χ1n) is 5.37. The first-order chi connectivity index (χ1) is 7.17. The number of hydrogen-bond acceptors (Lipinski definition) is 4. The number of aliphatic hydroxyl groups excluding tert-OH is 1.